The quantitative estimate of drug-likeness (QED) is 0.603. The summed E-state index contributed by atoms with van der Waals surface area (Å²) in [6, 6.07) is 15.1. The molecule has 0 aromatic heterocycles. The zero-order chi connectivity index (χ0) is 23.9. The first-order chi connectivity index (χ1) is 16.3. The van der Waals surface area contributed by atoms with Gasteiger partial charge in [0.2, 0.25) is 5.91 Å². The number of carbonyl (C=O) groups excluding carboxylic acids is 2. The highest BCUT2D eigenvalue weighted by molar-refractivity contribution is 5.97. The summed E-state index contributed by atoms with van der Waals surface area (Å²) >= 11 is 0. The van der Waals surface area contributed by atoms with Crippen molar-refractivity contribution in [3.05, 3.63) is 54.1 Å². The number of amides is 2. The van der Waals surface area contributed by atoms with Gasteiger partial charge in [0.1, 0.15) is 11.8 Å². The molecule has 2 aliphatic heterocycles. The van der Waals surface area contributed by atoms with Crippen LogP contribution in [0.2, 0.25) is 0 Å². The topological polar surface area (TPSA) is 102 Å². The number of anilines is 1. The van der Waals surface area contributed by atoms with E-state index >= 15 is 0 Å². The van der Waals surface area contributed by atoms with Crippen LogP contribution in [-0.2, 0) is 9.53 Å². The zero-order valence-corrected chi connectivity index (χ0v) is 19.4. The highest BCUT2D eigenvalue weighted by Gasteiger charge is 2.50. The molecule has 3 N–H and O–H groups in total. The first kappa shape index (κ1) is 23.0. The number of ether oxygens (including phenoxy) is 1. The van der Waals surface area contributed by atoms with Gasteiger partial charge < -0.3 is 25.2 Å². The van der Waals surface area contributed by atoms with Gasteiger partial charge >= 0.3 is 0 Å². The van der Waals surface area contributed by atoms with Gasteiger partial charge in [0, 0.05) is 37.4 Å². The van der Waals surface area contributed by atoms with Crippen LogP contribution >= 0.6 is 0 Å². The van der Waals surface area contributed by atoms with Gasteiger partial charge in [0.25, 0.3) is 5.91 Å². The third kappa shape index (κ3) is 4.46. The van der Waals surface area contributed by atoms with Crippen molar-refractivity contribution in [3.8, 4) is 11.1 Å². The second-order valence-electron chi connectivity index (χ2n) is 9.97. The minimum atomic E-state index is -0.967. The summed E-state index contributed by atoms with van der Waals surface area (Å²) in [4.78, 5) is 29.1. The Bertz CT molecular complexity index is 1070. The van der Waals surface area contributed by atoms with Crippen LogP contribution in [-0.4, -0.2) is 83.0 Å². The SMILES string of the molecule is CC1(C(=O)Nc2cccc(-c3ccc(C(=O)N4CCN(C(O)C5(O)CC5)CC4)cc3)c2)COC1. The molecule has 8 heteroatoms. The average Bonchev–Trinajstić information content (AvgIpc) is 3.60. The molecule has 2 aromatic rings. The monoisotopic (exact) mass is 465 g/mol. The number of nitrogens with one attached hydrogen (secondary N) is 1. The lowest BCUT2D eigenvalue weighted by atomic mass is 9.87. The van der Waals surface area contributed by atoms with Crippen molar-refractivity contribution < 1.29 is 24.5 Å². The van der Waals surface area contributed by atoms with Crippen LogP contribution in [0.5, 0.6) is 0 Å². The van der Waals surface area contributed by atoms with Gasteiger partial charge in [-0.2, -0.15) is 0 Å². The Balaban J connectivity index is 1.20. The van der Waals surface area contributed by atoms with E-state index < -0.39 is 17.2 Å². The fourth-order valence-electron chi connectivity index (χ4n) is 4.48. The molecule has 2 saturated heterocycles. The van der Waals surface area contributed by atoms with Gasteiger partial charge in [-0.3, -0.25) is 14.5 Å². The molecule has 0 bridgehead atoms. The average molecular weight is 466 g/mol. The summed E-state index contributed by atoms with van der Waals surface area (Å²) in [7, 11) is 0. The highest BCUT2D eigenvalue weighted by atomic mass is 16.5. The van der Waals surface area contributed by atoms with Crippen LogP contribution in [0, 0.1) is 5.41 Å². The molecule has 0 spiro atoms. The summed E-state index contributed by atoms with van der Waals surface area (Å²) in [6.07, 6.45) is 0.404. The molecule has 34 heavy (non-hydrogen) atoms. The fraction of sp³-hybridized carbons (Fsp3) is 0.462. The van der Waals surface area contributed by atoms with Crippen LogP contribution < -0.4 is 5.32 Å². The molecule has 8 nitrogen and oxygen atoms in total. The van der Waals surface area contributed by atoms with Gasteiger partial charge in [-0.1, -0.05) is 24.3 Å². The zero-order valence-electron chi connectivity index (χ0n) is 19.4. The second-order valence-corrected chi connectivity index (χ2v) is 9.97. The number of nitrogens with zero attached hydrogens (tertiary/aromatic N) is 2. The van der Waals surface area contributed by atoms with E-state index in [4.69, 9.17) is 4.74 Å². The Morgan fingerprint density at radius 3 is 2.26 bits per heavy atom. The predicted octanol–water partition coefficient (Wildman–Crippen LogP) is 1.93. The second kappa shape index (κ2) is 8.78. The first-order valence-corrected chi connectivity index (χ1v) is 11.8. The van der Waals surface area contributed by atoms with E-state index in [1.165, 1.54) is 0 Å². The van der Waals surface area contributed by atoms with Crippen LogP contribution in [0.25, 0.3) is 11.1 Å². The largest absolute Gasteiger partial charge is 0.386 e. The van der Waals surface area contributed by atoms with Crippen molar-refractivity contribution >= 4 is 17.5 Å². The molecular weight excluding hydrogens is 434 g/mol. The Morgan fingerprint density at radius 1 is 1.00 bits per heavy atom. The van der Waals surface area contributed by atoms with Crippen LogP contribution in [0.15, 0.2) is 48.5 Å². The van der Waals surface area contributed by atoms with Crippen molar-refractivity contribution in [2.45, 2.75) is 31.6 Å². The molecule has 3 aliphatic rings. The summed E-state index contributed by atoms with van der Waals surface area (Å²) in [5, 5.41) is 23.4. The van der Waals surface area contributed by atoms with E-state index in [2.05, 4.69) is 5.32 Å². The van der Waals surface area contributed by atoms with Gasteiger partial charge in [-0.05, 0) is 55.2 Å². The molecule has 0 radical (unpaired) electrons. The normalized spacial score (nSPS) is 21.9. The van der Waals surface area contributed by atoms with Crippen molar-refractivity contribution in [3.63, 3.8) is 0 Å². The van der Waals surface area contributed by atoms with Crippen molar-refractivity contribution in [2.24, 2.45) is 5.41 Å². The van der Waals surface area contributed by atoms with E-state index in [-0.39, 0.29) is 11.8 Å². The number of carbonyl (C=O) groups is 2. The van der Waals surface area contributed by atoms with Crippen molar-refractivity contribution in [2.75, 3.05) is 44.7 Å². The molecule has 1 unspecified atom stereocenters. The number of aliphatic hydroxyl groups is 2. The Kier molecular flexibility index (Phi) is 5.93. The number of piperazine rings is 1. The molecule has 180 valence electrons. The Hall–Kier alpha value is -2.78. The van der Waals surface area contributed by atoms with Gasteiger partial charge in [0.05, 0.1) is 18.6 Å². The smallest absolute Gasteiger partial charge is 0.253 e. The Labute approximate surface area is 199 Å². The standard InChI is InChI=1S/C26H31N3O5/c1-25(16-34-17-25)23(31)27-21-4-2-3-20(15-21)18-5-7-19(8-6-18)22(30)28-11-13-29(14-12-28)24(32)26(33)9-10-26/h2-8,15,24,32-33H,9-14,16-17H2,1H3,(H,27,31). The summed E-state index contributed by atoms with van der Waals surface area (Å²) < 4.78 is 5.18. The summed E-state index contributed by atoms with van der Waals surface area (Å²) in [5.74, 6) is -0.0847. The minimum absolute atomic E-state index is 0.0391. The maximum Gasteiger partial charge on any atom is 0.253 e. The van der Waals surface area contributed by atoms with Crippen LogP contribution in [0.1, 0.15) is 30.1 Å². The van der Waals surface area contributed by atoms with Crippen LogP contribution in [0.3, 0.4) is 0 Å². The molecule has 1 aliphatic carbocycles. The third-order valence-corrected chi connectivity index (χ3v) is 7.17. The van der Waals surface area contributed by atoms with Crippen molar-refractivity contribution in [1.82, 2.24) is 9.80 Å². The number of rotatable bonds is 6. The lowest BCUT2D eigenvalue weighted by Crippen LogP contribution is -2.55. The Morgan fingerprint density at radius 2 is 1.68 bits per heavy atom. The molecule has 5 rings (SSSR count). The number of hydrogen-bond acceptors (Lipinski definition) is 6. The molecule has 2 amide bonds. The minimum Gasteiger partial charge on any atom is -0.386 e. The number of aliphatic hydroxyl groups excluding tert-OH is 1. The third-order valence-electron chi connectivity index (χ3n) is 7.17. The number of benzene rings is 2. The molecule has 1 atom stereocenters. The number of hydrogen-bond donors (Lipinski definition) is 3. The van der Waals surface area contributed by atoms with E-state index in [0.717, 1.165) is 16.8 Å². The molecule has 2 aromatic carbocycles. The van der Waals surface area contributed by atoms with Gasteiger partial charge in [-0.15, -0.1) is 0 Å². The molecule has 1 saturated carbocycles. The van der Waals surface area contributed by atoms with Crippen molar-refractivity contribution in [1.29, 1.82) is 0 Å². The highest BCUT2D eigenvalue weighted by Crippen LogP contribution is 2.39. The van der Waals surface area contributed by atoms with E-state index in [9.17, 15) is 19.8 Å². The summed E-state index contributed by atoms with van der Waals surface area (Å²) in [6.45, 7) is 4.87. The fourth-order valence-corrected chi connectivity index (χ4v) is 4.48. The maximum absolute atomic E-state index is 13.0. The van der Waals surface area contributed by atoms with E-state index in [1.54, 1.807) is 4.90 Å². The first-order valence-electron chi connectivity index (χ1n) is 11.8. The molecular formula is C26H31N3O5. The van der Waals surface area contributed by atoms with Gasteiger partial charge in [0.15, 0.2) is 0 Å². The van der Waals surface area contributed by atoms with E-state index in [0.29, 0.717) is 57.8 Å². The maximum atomic E-state index is 13.0. The lowest BCUT2D eigenvalue weighted by Gasteiger charge is -2.38. The molecule has 3 fully saturated rings. The lowest BCUT2D eigenvalue weighted by molar-refractivity contribution is -0.151. The summed E-state index contributed by atoms with van der Waals surface area (Å²) in [5.41, 5.74) is 1.81. The van der Waals surface area contributed by atoms with Gasteiger partial charge in [-0.25, -0.2) is 0 Å². The predicted molar refractivity (Wildman–Crippen MR) is 127 cm³/mol. The van der Waals surface area contributed by atoms with Crippen LogP contribution in [0.4, 0.5) is 5.69 Å². The van der Waals surface area contributed by atoms with E-state index in [1.807, 2.05) is 60.4 Å². The molecule has 2 heterocycles.